The number of thiazole rings is 1. The Labute approximate surface area is 107 Å². The van der Waals surface area contributed by atoms with Crippen molar-refractivity contribution >= 4 is 34.2 Å². The summed E-state index contributed by atoms with van der Waals surface area (Å²) >= 11 is 2.30. The third kappa shape index (κ3) is 4.59. The minimum Gasteiger partial charge on any atom is -0.477 e. The van der Waals surface area contributed by atoms with Crippen LogP contribution in [0.3, 0.4) is 0 Å². The number of carboxylic acid groups (broad SMARTS) is 1. The van der Waals surface area contributed by atoms with Crippen molar-refractivity contribution in [2.75, 3.05) is 5.75 Å². The van der Waals surface area contributed by atoms with E-state index in [1.54, 1.807) is 6.92 Å². The first-order chi connectivity index (χ1) is 8.00. The minimum absolute atomic E-state index is 0.0741. The Morgan fingerprint density at radius 2 is 2.24 bits per heavy atom. The van der Waals surface area contributed by atoms with Crippen molar-refractivity contribution in [3.63, 3.8) is 0 Å². The Bertz CT molecular complexity index is 497. The first-order valence-electron chi connectivity index (χ1n) is 4.83. The van der Waals surface area contributed by atoms with Gasteiger partial charge >= 0.3 is 5.97 Å². The van der Waals surface area contributed by atoms with Crippen molar-refractivity contribution in [1.29, 1.82) is 0 Å². The summed E-state index contributed by atoms with van der Waals surface area (Å²) in [6.07, 6.45) is 0.589. The molecule has 0 amide bonds. The normalized spacial score (nSPS) is 9.53. The summed E-state index contributed by atoms with van der Waals surface area (Å²) in [4.78, 5) is 25.7. The standard InChI is InChI=1S/C11H11NO3S2/c1-7-10(11(14)15)17-9(12-7)5-3-4-6-16-8(2)13/h4,6H2,1-2H3,(H,14,15). The molecule has 0 saturated heterocycles. The molecule has 0 aliphatic carbocycles. The average Bonchev–Trinajstić information content (AvgIpc) is 2.59. The molecule has 0 saturated carbocycles. The number of thioether (sulfide) groups is 1. The molecule has 0 radical (unpaired) electrons. The van der Waals surface area contributed by atoms with Gasteiger partial charge in [0, 0.05) is 19.1 Å². The number of carboxylic acids is 1. The first-order valence-corrected chi connectivity index (χ1v) is 6.64. The van der Waals surface area contributed by atoms with E-state index in [4.69, 9.17) is 5.11 Å². The van der Waals surface area contributed by atoms with Gasteiger partial charge in [-0.15, -0.1) is 0 Å². The molecule has 0 aliphatic heterocycles. The Morgan fingerprint density at radius 3 is 2.76 bits per heavy atom. The fourth-order valence-electron chi connectivity index (χ4n) is 1.03. The Kier molecular flexibility index (Phi) is 5.19. The molecule has 0 aliphatic rings. The monoisotopic (exact) mass is 269 g/mol. The van der Waals surface area contributed by atoms with Crippen molar-refractivity contribution < 1.29 is 14.7 Å². The second-order valence-electron chi connectivity index (χ2n) is 3.13. The van der Waals surface area contributed by atoms with Crippen LogP contribution >= 0.6 is 23.1 Å². The topological polar surface area (TPSA) is 67.3 Å². The fourth-order valence-corrected chi connectivity index (χ4v) is 2.30. The van der Waals surface area contributed by atoms with E-state index in [9.17, 15) is 9.59 Å². The van der Waals surface area contributed by atoms with E-state index in [0.717, 1.165) is 11.3 Å². The molecular weight excluding hydrogens is 258 g/mol. The Balaban J connectivity index is 2.57. The molecule has 0 unspecified atom stereocenters. The van der Waals surface area contributed by atoms with Gasteiger partial charge in [-0.05, 0) is 12.8 Å². The molecule has 1 aromatic heterocycles. The van der Waals surface area contributed by atoms with Crippen molar-refractivity contribution in [3.8, 4) is 11.8 Å². The highest BCUT2D eigenvalue weighted by Crippen LogP contribution is 2.16. The number of aromatic carboxylic acids is 1. The largest absolute Gasteiger partial charge is 0.477 e. The summed E-state index contributed by atoms with van der Waals surface area (Å²) in [5.41, 5.74) is 0.491. The zero-order chi connectivity index (χ0) is 12.8. The summed E-state index contributed by atoms with van der Waals surface area (Å²) < 4.78 is 0. The van der Waals surface area contributed by atoms with Crippen molar-refractivity contribution in [2.45, 2.75) is 20.3 Å². The van der Waals surface area contributed by atoms with Crippen molar-refractivity contribution in [3.05, 3.63) is 15.6 Å². The lowest BCUT2D eigenvalue weighted by Gasteiger charge is -1.87. The van der Waals surface area contributed by atoms with E-state index in [0.29, 0.717) is 22.9 Å². The number of aryl methyl sites for hydroxylation is 1. The average molecular weight is 269 g/mol. The van der Waals surface area contributed by atoms with Crippen molar-refractivity contribution in [2.24, 2.45) is 0 Å². The number of nitrogens with zero attached hydrogens (tertiary/aromatic N) is 1. The highest BCUT2D eigenvalue weighted by molar-refractivity contribution is 8.13. The van der Waals surface area contributed by atoms with Gasteiger partial charge in [-0.2, -0.15) is 0 Å². The molecule has 0 fully saturated rings. The van der Waals surface area contributed by atoms with Crippen LogP contribution in [0.5, 0.6) is 0 Å². The second-order valence-corrected chi connectivity index (χ2v) is 5.40. The molecule has 1 aromatic rings. The van der Waals surface area contributed by atoms with E-state index >= 15 is 0 Å². The maximum atomic E-state index is 10.8. The van der Waals surface area contributed by atoms with Gasteiger partial charge in [0.05, 0.1) is 5.69 Å². The summed E-state index contributed by atoms with van der Waals surface area (Å²) in [5.74, 6) is 5.35. The predicted molar refractivity (Wildman–Crippen MR) is 68.4 cm³/mol. The summed E-state index contributed by atoms with van der Waals surface area (Å²) in [5, 5.41) is 9.41. The van der Waals surface area contributed by atoms with Gasteiger partial charge in [-0.3, -0.25) is 4.79 Å². The third-order valence-corrected chi connectivity index (χ3v) is 3.59. The lowest BCUT2D eigenvalue weighted by molar-refractivity contribution is -0.109. The van der Waals surface area contributed by atoms with E-state index < -0.39 is 5.97 Å². The zero-order valence-electron chi connectivity index (χ0n) is 9.44. The number of rotatable bonds is 3. The highest BCUT2D eigenvalue weighted by atomic mass is 32.2. The van der Waals surface area contributed by atoms with Crippen LogP contribution in [0.1, 0.15) is 33.7 Å². The van der Waals surface area contributed by atoms with Crippen LogP contribution < -0.4 is 0 Å². The molecule has 0 bridgehead atoms. The van der Waals surface area contributed by atoms with Crippen LogP contribution in [0.25, 0.3) is 0 Å². The second kappa shape index (κ2) is 6.42. The van der Waals surface area contributed by atoms with Crippen molar-refractivity contribution in [1.82, 2.24) is 4.98 Å². The van der Waals surface area contributed by atoms with Gasteiger partial charge in [-0.25, -0.2) is 9.78 Å². The van der Waals surface area contributed by atoms with E-state index in [1.807, 2.05) is 0 Å². The van der Waals surface area contributed by atoms with Crippen LogP contribution in [0.15, 0.2) is 0 Å². The number of aromatic nitrogens is 1. The first kappa shape index (κ1) is 13.7. The van der Waals surface area contributed by atoms with Crippen LogP contribution in [0.4, 0.5) is 0 Å². The van der Waals surface area contributed by atoms with Gasteiger partial charge in [-0.1, -0.05) is 29.0 Å². The number of carbonyl (C=O) groups excluding carboxylic acids is 1. The molecular formula is C11H11NO3S2. The summed E-state index contributed by atoms with van der Waals surface area (Å²) in [6.45, 7) is 3.16. The van der Waals surface area contributed by atoms with Gasteiger partial charge in [0.1, 0.15) is 4.88 Å². The molecule has 17 heavy (non-hydrogen) atoms. The fraction of sp³-hybridized carbons (Fsp3) is 0.364. The number of hydrogen-bond acceptors (Lipinski definition) is 5. The summed E-state index contributed by atoms with van der Waals surface area (Å²) in [6, 6.07) is 0. The van der Waals surface area contributed by atoms with Gasteiger partial charge in [0.25, 0.3) is 0 Å². The van der Waals surface area contributed by atoms with Crippen LogP contribution in [0, 0.1) is 18.8 Å². The molecule has 0 spiro atoms. The molecule has 4 nitrogen and oxygen atoms in total. The van der Waals surface area contributed by atoms with E-state index in [-0.39, 0.29) is 9.99 Å². The Hall–Kier alpha value is -1.32. The predicted octanol–water partition coefficient (Wildman–Crippen LogP) is 2.17. The van der Waals surface area contributed by atoms with Gasteiger partial charge in [0.15, 0.2) is 10.1 Å². The highest BCUT2D eigenvalue weighted by Gasteiger charge is 2.12. The quantitative estimate of drug-likeness (QED) is 0.673. The summed E-state index contributed by atoms with van der Waals surface area (Å²) in [7, 11) is 0. The maximum Gasteiger partial charge on any atom is 0.347 e. The van der Waals surface area contributed by atoms with Crippen LogP contribution in [-0.2, 0) is 4.79 Å². The molecule has 6 heteroatoms. The smallest absolute Gasteiger partial charge is 0.347 e. The molecule has 1 N–H and O–H groups in total. The molecule has 1 rings (SSSR count). The minimum atomic E-state index is -0.972. The number of carbonyl (C=O) groups is 2. The molecule has 1 heterocycles. The lowest BCUT2D eigenvalue weighted by Crippen LogP contribution is -1.94. The zero-order valence-corrected chi connectivity index (χ0v) is 11.1. The molecule has 90 valence electrons. The Morgan fingerprint density at radius 1 is 1.53 bits per heavy atom. The van der Waals surface area contributed by atoms with E-state index in [2.05, 4.69) is 16.8 Å². The third-order valence-electron chi connectivity index (χ3n) is 1.72. The van der Waals surface area contributed by atoms with E-state index in [1.165, 1.54) is 18.7 Å². The number of hydrogen-bond donors (Lipinski definition) is 1. The lowest BCUT2D eigenvalue weighted by atomic mass is 10.4. The SMILES string of the molecule is CC(=O)SCCC#Cc1nc(C)c(C(=O)O)s1. The van der Waals surface area contributed by atoms with Crippen LogP contribution in [-0.4, -0.2) is 26.9 Å². The van der Waals surface area contributed by atoms with Crippen LogP contribution in [0.2, 0.25) is 0 Å². The van der Waals surface area contributed by atoms with Gasteiger partial charge < -0.3 is 5.11 Å². The molecule has 0 atom stereocenters. The van der Waals surface area contributed by atoms with Gasteiger partial charge in [0.2, 0.25) is 0 Å². The maximum absolute atomic E-state index is 10.8. The molecule has 0 aromatic carbocycles.